The number of carbonyl (C=O) groups is 2. The zero-order valence-electron chi connectivity index (χ0n) is 16.8. The van der Waals surface area contributed by atoms with Crippen molar-refractivity contribution in [3.63, 3.8) is 0 Å². The molecule has 4 aromatic rings. The third kappa shape index (κ3) is 5.17. The van der Waals surface area contributed by atoms with E-state index >= 15 is 0 Å². The molecule has 158 valence electrons. The predicted octanol–water partition coefficient (Wildman–Crippen LogP) is 4.43. The number of thiazole rings is 1. The molecule has 0 aliphatic carbocycles. The summed E-state index contributed by atoms with van der Waals surface area (Å²) in [7, 11) is 1.61. The van der Waals surface area contributed by atoms with Crippen molar-refractivity contribution >= 4 is 50.2 Å². The number of aromatic nitrogens is 2. The summed E-state index contributed by atoms with van der Waals surface area (Å²) in [5.74, 6) is 0.828. The first-order valence-electron chi connectivity index (χ1n) is 9.33. The number of urea groups is 1. The van der Waals surface area contributed by atoms with E-state index in [4.69, 9.17) is 9.26 Å². The van der Waals surface area contributed by atoms with Crippen molar-refractivity contribution in [1.29, 1.82) is 0 Å². The Balaban J connectivity index is 1.32. The van der Waals surface area contributed by atoms with Crippen LogP contribution in [-0.4, -0.2) is 29.2 Å². The van der Waals surface area contributed by atoms with Gasteiger partial charge in [0.2, 0.25) is 11.8 Å². The molecule has 9 nitrogen and oxygen atoms in total. The normalized spacial score (nSPS) is 10.6. The van der Waals surface area contributed by atoms with Crippen LogP contribution < -0.4 is 20.7 Å². The Morgan fingerprint density at radius 1 is 1.06 bits per heavy atom. The molecule has 10 heteroatoms. The monoisotopic (exact) mass is 437 g/mol. The van der Waals surface area contributed by atoms with Crippen LogP contribution in [0.3, 0.4) is 0 Å². The fraction of sp³-hybridized carbons (Fsp3) is 0.143. The number of carbonyl (C=O) groups excluding carboxylic acids is 2. The first kappa shape index (κ1) is 20.4. The van der Waals surface area contributed by atoms with Gasteiger partial charge in [0.25, 0.3) is 0 Å². The summed E-state index contributed by atoms with van der Waals surface area (Å²) in [5.41, 5.74) is 2.86. The van der Waals surface area contributed by atoms with Crippen molar-refractivity contribution in [2.24, 2.45) is 0 Å². The average Bonchev–Trinajstić information content (AvgIpc) is 3.33. The van der Waals surface area contributed by atoms with Gasteiger partial charge in [-0.2, -0.15) is 0 Å². The molecule has 2 aromatic heterocycles. The second kappa shape index (κ2) is 8.84. The number of fused-ring (bicyclic) bond motifs is 1. The SMILES string of the molecule is COc1ccc2nc(NC(=O)Cc3ccc(NC(=O)Nc4cc(C)no4)cc3)sc2c1. The van der Waals surface area contributed by atoms with Crippen LogP contribution >= 0.6 is 11.3 Å². The summed E-state index contributed by atoms with van der Waals surface area (Å²) in [6.45, 7) is 1.76. The Morgan fingerprint density at radius 2 is 1.87 bits per heavy atom. The van der Waals surface area contributed by atoms with Gasteiger partial charge in [0, 0.05) is 11.8 Å². The van der Waals surface area contributed by atoms with Crippen molar-refractivity contribution in [3.8, 4) is 5.75 Å². The van der Waals surface area contributed by atoms with Crippen LogP contribution in [0.1, 0.15) is 11.3 Å². The molecule has 0 aliphatic rings. The number of hydrogen-bond acceptors (Lipinski definition) is 7. The third-order valence-electron chi connectivity index (χ3n) is 4.28. The van der Waals surface area contributed by atoms with Gasteiger partial charge in [-0.05, 0) is 42.8 Å². The lowest BCUT2D eigenvalue weighted by atomic mass is 10.1. The van der Waals surface area contributed by atoms with Crippen LogP contribution in [-0.2, 0) is 11.2 Å². The molecule has 2 heterocycles. The fourth-order valence-electron chi connectivity index (χ4n) is 2.84. The van der Waals surface area contributed by atoms with Gasteiger partial charge in [0.05, 0.1) is 29.4 Å². The minimum atomic E-state index is -0.450. The van der Waals surface area contributed by atoms with Gasteiger partial charge in [-0.15, -0.1) is 0 Å². The molecule has 0 spiro atoms. The highest BCUT2D eigenvalue weighted by molar-refractivity contribution is 7.22. The number of amides is 3. The average molecular weight is 437 g/mol. The van der Waals surface area contributed by atoms with Crippen molar-refractivity contribution in [2.75, 3.05) is 23.1 Å². The maximum absolute atomic E-state index is 12.4. The van der Waals surface area contributed by atoms with Crippen molar-refractivity contribution in [1.82, 2.24) is 10.1 Å². The highest BCUT2D eigenvalue weighted by Crippen LogP contribution is 2.29. The van der Waals surface area contributed by atoms with Crippen LogP contribution in [0, 0.1) is 6.92 Å². The minimum Gasteiger partial charge on any atom is -0.497 e. The van der Waals surface area contributed by atoms with Gasteiger partial charge in [-0.1, -0.05) is 28.6 Å². The maximum Gasteiger partial charge on any atom is 0.326 e. The quantitative estimate of drug-likeness (QED) is 0.411. The molecule has 3 amide bonds. The molecular formula is C21H19N5O4S. The van der Waals surface area contributed by atoms with E-state index in [9.17, 15) is 9.59 Å². The van der Waals surface area contributed by atoms with Gasteiger partial charge < -0.3 is 19.9 Å². The topological polar surface area (TPSA) is 118 Å². The number of nitrogens with one attached hydrogen (secondary N) is 3. The minimum absolute atomic E-state index is 0.176. The van der Waals surface area contributed by atoms with Gasteiger partial charge in [0.1, 0.15) is 5.75 Å². The number of anilines is 3. The Hall–Kier alpha value is -3.92. The summed E-state index contributed by atoms with van der Waals surface area (Å²) in [6.07, 6.45) is 0.184. The van der Waals surface area contributed by atoms with Gasteiger partial charge >= 0.3 is 6.03 Å². The van der Waals surface area contributed by atoms with E-state index in [1.165, 1.54) is 11.3 Å². The van der Waals surface area contributed by atoms with Crippen molar-refractivity contribution in [3.05, 3.63) is 59.8 Å². The molecule has 4 rings (SSSR count). The van der Waals surface area contributed by atoms with E-state index in [-0.39, 0.29) is 18.2 Å². The fourth-order valence-corrected chi connectivity index (χ4v) is 3.75. The first-order chi connectivity index (χ1) is 15.0. The molecule has 0 bridgehead atoms. The summed E-state index contributed by atoms with van der Waals surface area (Å²) in [5, 5.41) is 12.3. The Labute approximate surface area is 181 Å². The first-order valence-corrected chi connectivity index (χ1v) is 10.1. The molecule has 0 fully saturated rings. The zero-order chi connectivity index (χ0) is 21.8. The van der Waals surface area contributed by atoms with E-state index in [1.54, 1.807) is 44.4 Å². The summed E-state index contributed by atoms with van der Waals surface area (Å²) >= 11 is 1.39. The molecule has 0 aliphatic heterocycles. The Bertz CT molecular complexity index is 1230. The predicted molar refractivity (Wildman–Crippen MR) is 119 cm³/mol. The molecule has 0 radical (unpaired) electrons. The highest BCUT2D eigenvalue weighted by atomic mass is 32.1. The number of hydrogen-bond donors (Lipinski definition) is 3. The van der Waals surface area contributed by atoms with E-state index in [0.29, 0.717) is 16.5 Å². The number of benzene rings is 2. The molecule has 31 heavy (non-hydrogen) atoms. The van der Waals surface area contributed by atoms with E-state index in [2.05, 4.69) is 26.1 Å². The van der Waals surface area contributed by atoms with Crippen molar-refractivity contribution < 1.29 is 18.8 Å². The van der Waals surface area contributed by atoms with Crippen LogP contribution in [0.25, 0.3) is 10.2 Å². The molecule has 0 unspecified atom stereocenters. The Morgan fingerprint density at radius 3 is 2.58 bits per heavy atom. The molecule has 0 saturated heterocycles. The standard InChI is InChI=1S/C21H19N5O4S/c1-12-9-19(30-26-12)25-20(28)22-14-5-3-13(4-6-14)10-18(27)24-21-23-16-8-7-15(29-2)11-17(16)31-21/h3-9,11H,10H2,1-2H3,(H2,22,25,28)(H,23,24,27). The highest BCUT2D eigenvalue weighted by Gasteiger charge is 2.10. The second-order valence-electron chi connectivity index (χ2n) is 6.69. The van der Waals surface area contributed by atoms with Crippen LogP contribution in [0.15, 0.2) is 53.1 Å². The largest absolute Gasteiger partial charge is 0.497 e. The number of nitrogens with zero attached hydrogens (tertiary/aromatic N) is 2. The van der Waals surface area contributed by atoms with Gasteiger partial charge in [0.15, 0.2) is 5.13 Å². The van der Waals surface area contributed by atoms with Crippen molar-refractivity contribution in [2.45, 2.75) is 13.3 Å². The molecule has 0 atom stereocenters. The van der Waals surface area contributed by atoms with Gasteiger partial charge in [-0.25, -0.2) is 9.78 Å². The summed E-state index contributed by atoms with van der Waals surface area (Å²) < 4.78 is 11.1. The molecular weight excluding hydrogens is 418 g/mol. The molecule has 0 saturated carbocycles. The number of ether oxygens (including phenoxy) is 1. The van der Waals surface area contributed by atoms with E-state index in [0.717, 1.165) is 21.5 Å². The Kier molecular flexibility index (Phi) is 5.80. The maximum atomic E-state index is 12.4. The molecule has 2 aromatic carbocycles. The van der Waals surface area contributed by atoms with Crippen LogP contribution in [0.2, 0.25) is 0 Å². The molecule has 3 N–H and O–H groups in total. The lowest BCUT2D eigenvalue weighted by Crippen LogP contribution is -2.19. The number of rotatable bonds is 6. The van der Waals surface area contributed by atoms with Crippen LogP contribution in [0.5, 0.6) is 5.75 Å². The van der Waals surface area contributed by atoms with E-state index < -0.39 is 6.03 Å². The number of methoxy groups -OCH3 is 1. The zero-order valence-corrected chi connectivity index (χ0v) is 17.6. The number of aryl methyl sites for hydroxylation is 1. The lowest BCUT2D eigenvalue weighted by Gasteiger charge is -2.06. The third-order valence-corrected chi connectivity index (χ3v) is 5.22. The summed E-state index contributed by atoms with van der Waals surface area (Å²) in [6, 6.07) is 13.7. The van der Waals surface area contributed by atoms with E-state index in [1.807, 2.05) is 18.2 Å². The van der Waals surface area contributed by atoms with Crippen LogP contribution in [0.4, 0.5) is 21.5 Å². The smallest absolute Gasteiger partial charge is 0.326 e. The second-order valence-corrected chi connectivity index (χ2v) is 7.72. The lowest BCUT2D eigenvalue weighted by molar-refractivity contribution is -0.115. The summed E-state index contributed by atoms with van der Waals surface area (Å²) in [4.78, 5) is 28.8. The van der Waals surface area contributed by atoms with Gasteiger partial charge in [-0.3, -0.25) is 10.1 Å².